The fraction of sp³-hybridized carbons (Fsp3) is 0.208. The predicted octanol–water partition coefficient (Wildman–Crippen LogP) is 3.59. The molecule has 2 N–H and O–H groups in total. The topological polar surface area (TPSA) is 56.8 Å². The minimum absolute atomic E-state index is 0.0846. The zero-order valence-electron chi connectivity index (χ0n) is 16.9. The van der Waals surface area contributed by atoms with Gasteiger partial charge < -0.3 is 19.8 Å². The third-order valence-electron chi connectivity index (χ3n) is 5.08. The number of aliphatic hydroxyl groups excluding tert-OH is 2. The van der Waals surface area contributed by atoms with Gasteiger partial charge in [0, 0.05) is 23.6 Å². The first-order valence-corrected chi connectivity index (χ1v) is 10.7. The van der Waals surface area contributed by atoms with Gasteiger partial charge in [0.25, 0.3) is 0 Å². The van der Waals surface area contributed by atoms with Crippen LogP contribution in [0.1, 0.15) is 5.56 Å². The summed E-state index contributed by atoms with van der Waals surface area (Å²) in [6.45, 7) is 1.31. The van der Waals surface area contributed by atoms with Crippen molar-refractivity contribution in [3.8, 4) is 5.75 Å². The molecule has 154 valence electrons. The monoisotopic (exact) mass is 421 g/mol. The quantitative estimate of drug-likeness (QED) is 0.571. The minimum Gasteiger partial charge on any atom is -0.497 e. The fourth-order valence-corrected chi connectivity index (χ4v) is 4.79. The van der Waals surface area contributed by atoms with E-state index in [0.717, 1.165) is 37.8 Å². The summed E-state index contributed by atoms with van der Waals surface area (Å²) >= 11 is 1.67. The summed E-state index contributed by atoms with van der Waals surface area (Å²) in [6.07, 6.45) is 8.24. The minimum atomic E-state index is 0.0846. The molecular weight excluding hydrogens is 396 g/mol. The summed E-state index contributed by atoms with van der Waals surface area (Å²) in [7, 11) is 1.67. The maximum atomic E-state index is 9.52. The Bertz CT molecular complexity index is 1110. The number of rotatable bonds is 7. The standard InChI is InChI=1S/C24H25N2O3S/c1-29-19-9-10-22-23(17-19)30-24(26(22)14-16-28)8-4-5-18-11-12-25(13-15-27)21-7-3-2-6-20(18)21/h2-12,17,27-28H,13-16H2,1H3/q+1. The van der Waals surface area contributed by atoms with Crippen molar-refractivity contribution in [1.29, 1.82) is 0 Å². The number of thioether (sulfide) groups is 1. The average molecular weight is 422 g/mol. The van der Waals surface area contributed by atoms with Crippen molar-refractivity contribution in [2.75, 3.05) is 31.8 Å². The molecule has 0 radical (unpaired) electrons. The van der Waals surface area contributed by atoms with Crippen LogP contribution in [-0.2, 0) is 6.54 Å². The Morgan fingerprint density at radius 2 is 1.97 bits per heavy atom. The van der Waals surface area contributed by atoms with E-state index in [4.69, 9.17) is 4.74 Å². The van der Waals surface area contributed by atoms with Crippen LogP contribution in [0.2, 0.25) is 0 Å². The van der Waals surface area contributed by atoms with Gasteiger partial charge in [-0.3, -0.25) is 0 Å². The van der Waals surface area contributed by atoms with Crippen LogP contribution in [0.5, 0.6) is 5.75 Å². The van der Waals surface area contributed by atoms with E-state index in [1.54, 1.807) is 18.9 Å². The van der Waals surface area contributed by atoms with Crippen LogP contribution < -0.4 is 14.2 Å². The Hall–Kier alpha value is -2.80. The third kappa shape index (κ3) is 4.07. The van der Waals surface area contributed by atoms with Crippen molar-refractivity contribution < 1.29 is 19.5 Å². The van der Waals surface area contributed by atoms with Crippen molar-refractivity contribution in [3.63, 3.8) is 0 Å². The largest absolute Gasteiger partial charge is 0.497 e. The second-order valence-corrected chi connectivity index (χ2v) is 7.94. The van der Waals surface area contributed by atoms with Gasteiger partial charge in [-0.25, -0.2) is 0 Å². The number of aromatic nitrogens is 1. The zero-order valence-corrected chi connectivity index (χ0v) is 17.7. The number of benzene rings is 2. The molecule has 0 saturated heterocycles. The molecule has 4 rings (SSSR count). The van der Waals surface area contributed by atoms with E-state index >= 15 is 0 Å². The van der Waals surface area contributed by atoms with E-state index in [1.807, 2.05) is 42.6 Å². The molecule has 1 aromatic heterocycles. The van der Waals surface area contributed by atoms with Crippen LogP contribution >= 0.6 is 11.8 Å². The first-order chi connectivity index (χ1) is 14.7. The molecule has 6 heteroatoms. The Morgan fingerprint density at radius 1 is 1.10 bits per heavy atom. The first kappa shape index (κ1) is 20.5. The lowest BCUT2D eigenvalue weighted by molar-refractivity contribution is -0.672. The summed E-state index contributed by atoms with van der Waals surface area (Å²) in [5.41, 5.74) is 3.30. The molecule has 0 bridgehead atoms. The SMILES string of the molecule is COc1ccc2c(c1)S/C(=C\C=C\c1cc[n+](CCO)c3ccccc13)N2CCO. The van der Waals surface area contributed by atoms with Gasteiger partial charge in [-0.05, 0) is 35.9 Å². The van der Waals surface area contributed by atoms with Gasteiger partial charge in [-0.15, -0.1) is 0 Å². The van der Waals surface area contributed by atoms with E-state index in [1.165, 1.54) is 0 Å². The normalized spacial score (nSPS) is 14.8. The summed E-state index contributed by atoms with van der Waals surface area (Å²) in [6, 6.07) is 16.3. The smallest absolute Gasteiger partial charge is 0.213 e. The average Bonchev–Trinajstić information content (AvgIpc) is 3.12. The molecule has 2 aromatic carbocycles. The molecule has 30 heavy (non-hydrogen) atoms. The fourth-order valence-electron chi connectivity index (χ4n) is 3.66. The number of β-amino-alcohol motifs (C(OH)–C–C–N with tert-alkyl or cyclic N) is 1. The third-order valence-corrected chi connectivity index (χ3v) is 6.19. The number of anilines is 1. The molecule has 3 aromatic rings. The Balaban J connectivity index is 1.64. The lowest BCUT2D eigenvalue weighted by Crippen LogP contribution is -2.36. The number of allylic oxidation sites excluding steroid dienone is 2. The molecule has 0 unspecified atom stereocenters. The summed E-state index contributed by atoms with van der Waals surface area (Å²) in [4.78, 5) is 3.25. The van der Waals surface area contributed by atoms with E-state index in [9.17, 15) is 10.2 Å². The maximum absolute atomic E-state index is 9.52. The van der Waals surface area contributed by atoms with E-state index in [2.05, 4.69) is 39.8 Å². The molecule has 1 aliphatic rings. The van der Waals surface area contributed by atoms with E-state index < -0.39 is 0 Å². The number of para-hydroxylation sites is 1. The van der Waals surface area contributed by atoms with Crippen LogP contribution in [0.3, 0.4) is 0 Å². The van der Waals surface area contributed by atoms with Gasteiger partial charge in [-0.1, -0.05) is 36.0 Å². The van der Waals surface area contributed by atoms with Crippen LogP contribution in [0.4, 0.5) is 5.69 Å². The van der Waals surface area contributed by atoms with E-state index in [-0.39, 0.29) is 13.2 Å². The van der Waals surface area contributed by atoms with Crippen LogP contribution in [-0.4, -0.2) is 37.1 Å². The zero-order chi connectivity index (χ0) is 20.9. The molecule has 0 spiro atoms. The molecule has 0 atom stereocenters. The Morgan fingerprint density at radius 3 is 2.77 bits per heavy atom. The molecule has 0 fully saturated rings. The molecule has 0 amide bonds. The Labute approximate surface area is 180 Å². The van der Waals surface area contributed by atoms with Crippen molar-refractivity contribution in [2.24, 2.45) is 0 Å². The van der Waals surface area contributed by atoms with Crippen LogP contribution in [0.15, 0.2) is 76.8 Å². The van der Waals surface area contributed by atoms with Gasteiger partial charge in [0.1, 0.15) is 12.4 Å². The number of nitrogens with zero attached hydrogens (tertiary/aromatic N) is 2. The van der Waals surface area contributed by atoms with Gasteiger partial charge in [-0.2, -0.15) is 4.57 Å². The number of ether oxygens (including phenoxy) is 1. The van der Waals surface area contributed by atoms with Gasteiger partial charge in [0.05, 0.1) is 29.8 Å². The highest BCUT2D eigenvalue weighted by Crippen LogP contribution is 2.47. The lowest BCUT2D eigenvalue weighted by atomic mass is 10.1. The highest BCUT2D eigenvalue weighted by Gasteiger charge is 2.24. The van der Waals surface area contributed by atoms with Crippen LogP contribution in [0, 0.1) is 0 Å². The molecule has 2 heterocycles. The van der Waals surface area contributed by atoms with Crippen LogP contribution in [0.25, 0.3) is 17.0 Å². The number of hydrogen-bond donors (Lipinski definition) is 2. The van der Waals surface area contributed by atoms with Gasteiger partial charge >= 0.3 is 0 Å². The molecule has 0 aliphatic carbocycles. The number of aliphatic hydroxyl groups is 2. The molecular formula is C24H25N2O3S+. The Kier molecular flexibility index (Phi) is 6.38. The predicted molar refractivity (Wildman–Crippen MR) is 122 cm³/mol. The summed E-state index contributed by atoms with van der Waals surface area (Å²) in [5, 5.41) is 21.0. The highest BCUT2D eigenvalue weighted by molar-refractivity contribution is 8.03. The van der Waals surface area contributed by atoms with Crippen molar-refractivity contribution >= 4 is 34.4 Å². The maximum Gasteiger partial charge on any atom is 0.213 e. The molecule has 1 aliphatic heterocycles. The number of hydrogen-bond acceptors (Lipinski definition) is 5. The number of fused-ring (bicyclic) bond motifs is 2. The van der Waals surface area contributed by atoms with Gasteiger partial charge in [0.15, 0.2) is 12.7 Å². The summed E-state index contributed by atoms with van der Waals surface area (Å²) < 4.78 is 7.40. The molecule has 0 saturated carbocycles. The van der Waals surface area contributed by atoms with Gasteiger partial charge in [0.2, 0.25) is 5.52 Å². The number of methoxy groups -OCH3 is 1. The van der Waals surface area contributed by atoms with Crippen molar-refractivity contribution in [1.82, 2.24) is 0 Å². The number of pyridine rings is 1. The first-order valence-electron chi connectivity index (χ1n) is 9.90. The van der Waals surface area contributed by atoms with Crippen molar-refractivity contribution in [2.45, 2.75) is 11.4 Å². The highest BCUT2D eigenvalue weighted by atomic mass is 32.2. The molecule has 5 nitrogen and oxygen atoms in total. The summed E-state index contributed by atoms with van der Waals surface area (Å²) in [5.74, 6) is 0.828. The van der Waals surface area contributed by atoms with E-state index in [0.29, 0.717) is 13.1 Å². The van der Waals surface area contributed by atoms with Crippen molar-refractivity contribution in [3.05, 3.63) is 77.5 Å². The lowest BCUT2D eigenvalue weighted by Gasteiger charge is -2.18. The second kappa shape index (κ2) is 9.34. The second-order valence-electron chi connectivity index (χ2n) is 6.88.